The average Bonchev–Trinajstić information content (AvgIpc) is 2.49. The van der Waals surface area contributed by atoms with Crippen LogP contribution in [0.4, 0.5) is 0 Å². The van der Waals surface area contributed by atoms with Crippen LogP contribution in [0.25, 0.3) is 11.0 Å². The molecule has 0 saturated carbocycles. The van der Waals surface area contributed by atoms with Crippen molar-refractivity contribution in [2.45, 2.75) is 13.5 Å². The lowest BCUT2D eigenvalue weighted by molar-refractivity contribution is 0.281. The van der Waals surface area contributed by atoms with Crippen LogP contribution in [0.1, 0.15) is 11.1 Å². The van der Waals surface area contributed by atoms with Crippen molar-refractivity contribution in [3.8, 4) is 0 Å². The maximum atomic E-state index is 8.98. The summed E-state index contributed by atoms with van der Waals surface area (Å²) in [5, 5.41) is 8.98. The van der Waals surface area contributed by atoms with Gasteiger partial charge in [0.25, 0.3) is 0 Å². The van der Waals surface area contributed by atoms with Crippen LogP contribution in [0.3, 0.4) is 0 Å². The number of nitrogens with one attached hydrogen (secondary N) is 1. The Balaban J connectivity index is 2.73. The summed E-state index contributed by atoms with van der Waals surface area (Å²) in [6.07, 6.45) is 1.66. The van der Waals surface area contributed by atoms with E-state index in [-0.39, 0.29) is 6.61 Å². The number of aryl methyl sites for hydroxylation is 1. The van der Waals surface area contributed by atoms with Gasteiger partial charge in [-0.2, -0.15) is 0 Å². The normalized spacial score (nSPS) is 10.8. The number of aliphatic hydroxyl groups excluding tert-OH is 1. The highest BCUT2D eigenvalue weighted by atomic mass is 16.3. The number of benzene rings is 1. The number of aromatic nitrogens is 2. The molecule has 0 saturated heterocycles. The number of aromatic amines is 1. The van der Waals surface area contributed by atoms with E-state index in [9.17, 15) is 0 Å². The summed E-state index contributed by atoms with van der Waals surface area (Å²) < 4.78 is 0. The predicted octanol–water partition coefficient (Wildman–Crippen LogP) is 1.36. The number of hydrogen-bond donors (Lipinski definition) is 2. The number of rotatable bonds is 1. The maximum absolute atomic E-state index is 8.98. The second kappa shape index (κ2) is 2.60. The molecule has 3 heteroatoms. The van der Waals surface area contributed by atoms with E-state index >= 15 is 0 Å². The van der Waals surface area contributed by atoms with E-state index in [1.807, 2.05) is 19.1 Å². The first kappa shape index (κ1) is 7.31. The number of nitrogens with zero attached hydrogens (tertiary/aromatic N) is 1. The van der Waals surface area contributed by atoms with Gasteiger partial charge in [0.15, 0.2) is 0 Å². The van der Waals surface area contributed by atoms with Crippen LogP contribution in [0.5, 0.6) is 0 Å². The number of H-pyrrole nitrogens is 1. The van der Waals surface area contributed by atoms with E-state index in [1.165, 1.54) is 0 Å². The van der Waals surface area contributed by atoms with Gasteiger partial charge in [-0.1, -0.05) is 0 Å². The lowest BCUT2D eigenvalue weighted by Crippen LogP contribution is -1.88. The summed E-state index contributed by atoms with van der Waals surface area (Å²) in [4.78, 5) is 7.12. The van der Waals surface area contributed by atoms with E-state index in [0.717, 1.165) is 22.2 Å². The molecule has 0 fully saturated rings. The van der Waals surface area contributed by atoms with Gasteiger partial charge >= 0.3 is 0 Å². The Hall–Kier alpha value is -1.35. The van der Waals surface area contributed by atoms with Crippen LogP contribution in [-0.4, -0.2) is 15.1 Å². The van der Waals surface area contributed by atoms with Crippen LogP contribution < -0.4 is 0 Å². The molecular formula is C9H10N2O. The lowest BCUT2D eigenvalue weighted by atomic mass is 10.1. The third-order valence-corrected chi connectivity index (χ3v) is 2.05. The van der Waals surface area contributed by atoms with Crippen molar-refractivity contribution in [1.29, 1.82) is 0 Å². The van der Waals surface area contributed by atoms with Gasteiger partial charge in [-0.15, -0.1) is 0 Å². The molecule has 1 aromatic carbocycles. The van der Waals surface area contributed by atoms with Crippen molar-refractivity contribution in [2.75, 3.05) is 0 Å². The number of hydrogen-bond acceptors (Lipinski definition) is 2. The molecule has 12 heavy (non-hydrogen) atoms. The lowest BCUT2D eigenvalue weighted by Gasteiger charge is -2.00. The highest BCUT2D eigenvalue weighted by molar-refractivity contribution is 5.76. The minimum absolute atomic E-state index is 0.0780. The van der Waals surface area contributed by atoms with Crippen LogP contribution in [0.2, 0.25) is 0 Å². The fraction of sp³-hybridized carbons (Fsp3) is 0.222. The van der Waals surface area contributed by atoms with E-state index in [1.54, 1.807) is 6.33 Å². The Morgan fingerprint density at radius 1 is 1.50 bits per heavy atom. The molecule has 0 atom stereocenters. The quantitative estimate of drug-likeness (QED) is 0.665. The summed E-state index contributed by atoms with van der Waals surface area (Å²) in [6.45, 7) is 2.06. The van der Waals surface area contributed by atoms with Crippen LogP contribution in [-0.2, 0) is 6.61 Å². The maximum Gasteiger partial charge on any atom is 0.0931 e. The van der Waals surface area contributed by atoms with Crippen LogP contribution in [0.15, 0.2) is 18.5 Å². The summed E-state index contributed by atoms with van der Waals surface area (Å²) in [6, 6.07) is 3.90. The molecule has 1 heterocycles. The van der Waals surface area contributed by atoms with Crippen LogP contribution in [0, 0.1) is 6.92 Å². The Kier molecular flexibility index (Phi) is 1.59. The van der Waals surface area contributed by atoms with E-state index in [2.05, 4.69) is 9.97 Å². The molecule has 0 unspecified atom stereocenters. The molecule has 1 aromatic heterocycles. The third-order valence-electron chi connectivity index (χ3n) is 2.05. The van der Waals surface area contributed by atoms with Gasteiger partial charge in [0.05, 0.1) is 24.0 Å². The first-order chi connectivity index (χ1) is 5.81. The molecule has 0 amide bonds. The number of aliphatic hydroxyl groups is 1. The molecule has 0 aliphatic carbocycles. The van der Waals surface area contributed by atoms with Crippen molar-refractivity contribution >= 4 is 11.0 Å². The Labute approximate surface area is 70.1 Å². The number of fused-ring (bicyclic) bond motifs is 1. The Bertz CT molecular complexity index is 406. The fourth-order valence-electron chi connectivity index (χ4n) is 1.30. The zero-order chi connectivity index (χ0) is 8.55. The minimum Gasteiger partial charge on any atom is -0.392 e. The summed E-state index contributed by atoms with van der Waals surface area (Å²) in [5.41, 5.74) is 3.96. The van der Waals surface area contributed by atoms with Gasteiger partial charge in [-0.05, 0) is 30.2 Å². The van der Waals surface area contributed by atoms with Gasteiger partial charge in [-0.25, -0.2) is 4.98 Å². The standard InChI is InChI=1S/C9H10N2O/c1-6-2-8-9(11-5-10-8)3-7(6)4-12/h2-3,5,12H,4H2,1H3,(H,10,11). The smallest absolute Gasteiger partial charge is 0.0931 e. The highest BCUT2D eigenvalue weighted by Gasteiger charge is 2.01. The van der Waals surface area contributed by atoms with Crippen molar-refractivity contribution in [2.24, 2.45) is 0 Å². The highest BCUT2D eigenvalue weighted by Crippen LogP contribution is 2.16. The third kappa shape index (κ3) is 0.987. The summed E-state index contributed by atoms with van der Waals surface area (Å²) in [7, 11) is 0. The predicted molar refractivity (Wildman–Crippen MR) is 46.8 cm³/mol. The van der Waals surface area contributed by atoms with Gasteiger partial charge in [0.1, 0.15) is 0 Å². The largest absolute Gasteiger partial charge is 0.392 e. The van der Waals surface area contributed by atoms with E-state index in [4.69, 9.17) is 5.11 Å². The van der Waals surface area contributed by atoms with Crippen molar-refractivity contribution in [3.63, 3.8) is 0 Å². The van der Waals surface area contributed by atoms with Gasteiger partial charge < -0.3 is 10.1 Å². The second-order valence-corrected chi connectivity index (χ2v) is 2.86. The monoisotopic (exact) mass is 162 g/mol. The van der Waals surface area contributed by atoms with Gasteiger partial charge in [0, 0.05) is 0 Å². The van der Waals surface area contributed by atoms with E-state index < -0.39 is 0 Å². The van der Waals surface area contributed by atoms with Crippen molar-refractivity contribution < 1.29 is 5.11 Å². The number of imidazole rings is 1. The second-order valence-electron chi connectivity index (χ2n) is 2.86. The topological polar surface area (TPSA) is 48.9 Å². The molecule has 3 nitrogen and oxygen atoms in total. The Morgan fingerprint density at radius 3 is 3.08 bits per heavy atom. The zero-order valence-electron chi connectivity index (χ0n) is 6.83. The molecule has 0 bridgehead atoms. The first-order valence-corrected chi connectivity index (χ1v) is 3.84. The van der Waals surface area contributed by atoms with Crippen LogP contribution >= 0.6 is 0 Å². The zero-order valence-corrected chi connectivity index (χ0v) is 6.83. The fourth-order valence-corrected chi connectivity index (χ4v) is 1.30. The molecule has 0 spiro atoms. The van der Waals surface area contributed by atoms with Gasteiger partial charge in [0.2, 0.25) is 0 Å². The molecule has 0 radical (unpaired) electrons. The molecular weight excluding hydrogens is 152 g/mol. The minimum atomic E-state index is 0.0780. The summed E-state index contributed by atoms with van der Waals surface area (Å²) >= 11 is 0. The SMILES string of the molecule is Cc1cc2[nH]cnc2cc1CO. The molecule has 0 aliphatic heterocycles. The molecule has 62 valence electrons. The van der Waals surface area contributed by atoms with Gasteiger partial charge in [-0.3, -0.25) is 0 Å². The first-order valence-electron chi connectivity index (χ1n) is 3.84. The van der Waals surface area contributed by atoms with Crippen molar-refractivity contribution in [3.05, 3.63) is 29.6 Å². The van der Waals surface area contributed by atoms with Crippen molar-refractivity contribution in [1.82, 2.24) is 9.97 Å². The molecule has 2 rings (SSSR count). The average molecular weight is 162 g/mol. The summed E-state index contributed by atoms with van der Waals surface area (Å²) in [5.74, 6) is 0. The Morgan fingerprint density at radius 2 is 2.33 bits per heavy atom. The molecule has 2 N–H and O–H groups in total. The molecule has 0 aliphatic rings. The van der Waals surface area contributed by atoms with E-state index in [0.29, 0.717) is 0 Å². The molecule has 2 aromatic rings.